The second-order valence-electron chi connectivity index (χ2n) is 21.5. The summed E-state index contributed by atoms with van der Waals surface area (Å²) in [5, 5.41) is 17.8. The average Bonchev–Trinajstić information content (AvgIpc) is 1.61. The van der Waals surface area contributed by atoms with Gasteiger partial charge in [-0.25, -0.2) is 75.8 Å². The second-order valence-corrected chi connectivity index (χ2v) is 25.9. The third-order valence-electron chi connectivity index (χ3n) is 13.4. The number of anilines is 4. The zero-order valence-corrected chi connectivity index (χ0v) is 75.2. The van der Waals surface area contributed by atoms with Crippen LogP contribution in [0.1, 0.15) is 43.5 Å². The number of methoxy groups -OCH3 is 3. The maximum absolute atomic E-state index is 14.5. The van der Waals surface area contributed by atoms with Crippen LogP contribution in [0.2, 0.25) is 20.6 Å². The Morgan fingerprint density at radius 1 is 0.595 bits per heavy atom. The van der Waals surface area contributed by atoms with Gasteiger partial charge in [0.05, 0.1) is 80.9 Å². The largest absolute Gasteiger partial charge is 2.00 e. The van der Waals surface area contributed by atoms with E-state index in [-0.39, 0.29) is 136 Å². The van der Waals surface area contributed by atoms with Gasteiger partial charge in [0.15, 0.2) is 67.9 Å². The smallest absolute Gasteiger partial charge is 1.00 e. The molecule has 12 aromatic heterocycles. The van der Waals surface area contributed by atoms with Gasteiger partial charge in [-0.2, -0.15) is 48.2 Å². The fourth-order valence-electron chi connectivity index (χ4n) is 8.63. The molecule has 12 N–H and O–H groups in total. The molecule has 0 amide bonds. The maximum Gasteiger partial charge on any atom is 2.00 e. The molecule has 608 valence electrons. The van der Waals surface area contributed by atoms with Crippen molar-refractivity contribution in [2.75, 3.05) is 50.2 Å². The standard InChI is InChI=1S/C19H17FN6O.C12H7Cl2FN4.C8H7IN2.C8H8N2.C7H9NO.C5H3Cl2FN2O2S.C5H7N2.C5H6O2.C3H7.CO2.2ClH.HI.Li.Mg.H3N.H2O/c1-11-15(14-5-3-4-10-26(14)25-11)18-23-17(21)16(20)19(24-18)22-12-6-8-13(27-2)9-7-12;1-6-8(7-4-2-3-5-19(7)18-6)12-16-10(13)9(15)11(14)17-12;1-6-8(9)7-4-2-3-5-11(7)10-6;1-7-6-8-4-2-3-5-10(8)9-7;1-9-7-4-2-6(8)3-5-7;1-13(11,12)5-9-3(6)2(8)4(7)10-5;6-7-4-2-1-3-5-7;1-3-4-5(6)7-2;1-3-2;2-1-3;;;;;;;/h3-10H,1-2H3,(H3,21,22,23,24);2-5H,1H3;2-5H,1H3;2-6H,1H3;2-5H,8H2,1H3;1H3;1-5H,6H2;1-2H3;3H,1-2H3;;3*1H;;;1H3;1H2/q;;;;;;+1;;-1;;;;;+1;+2;;/p-3. The summed E-state index contributed by atoms with van der Waals surface area (Å²) in [6, 6.07) is 45.4. The number of hydrogen-bond donors (Lipinski definition) is 5. The van der Waals surface area contributed by atoms with E-state index < -0.39 is 48.7 Å². The fourth-order valence-corrected chi connectivity index (χ4v) is 10.5. The van der Waals surface area contributed by atoms with E-state index in [1.54, 1.807) is 85.2 Å². The Bertz CT molecular complexity index is 5500. The predicted octanol–water partition coefficient (Wildman–Crippen LogP) is 1.10. The Hall–Kier alpha value is -8.98. The van der Waals surface area contributed by atoms with Gasteiger partial charge in [0.25, 0.3) is 0 Å². The van der Waals surface area contributed by atoms with Crippen LogP contribution in [0.4, 0.5) is 36.2 Å². The molecule has 0 aliphatic carbocycles. The maximum atomic E-state index is 14.5. The summed E-state index contributed by atoms with van der Waals surface area (Å²) in [6.07, 6.45) is 14.2. The average molecular weight is 1960 g/mol. The molecule has 116 heavy (non-hydrogen) atoms. The number of nitrogen functional groups attached to an aromatic ring is 3. The third-order valence-corrected chi connectivity index (χ3v) is 16.5. The van der Waals surface area contributed by atoms with Crippen LogP contribution >= 0.6 is 69.0 Å². The Kier molecular flexibility index (Phi) is 54.0. The molecule has 0 radical (unpaired) electrons. The summed E-state index contributed by atoms with van der Waals surface area (Å²) in [6.45, 7) is 13.3. The number of nitrogens with one attached hydrogen (secondary N) is 1. The molecule has 0 saturated heterocycles. The Balaban J connectivity index is -0.00000128. The molecule has 29 nitrogen and oxygen atoms in total. The number of halogens is 11. The van der Waals surface area contributed by atoms with Gasteiger partial charge in [0.1, 0.15) is 11.5 Å². The molecule has 0 aliphatic rings. The number of pyridine rings is 5. The molecule has 0 fully saturated rings. The quantitative estimate of drug-likeness (QED) is 0.0127. The zero-order chi connectivity index (χ0) is 80.5. The molecule has 43 heteroatoms. The first kappa shape index (κ1) is 111. The van der Waals surface area contributed by atoms with Crippen molar-refractivity contribution >= 4 is 159 Å². The van der Waals surface area contributed by atoms with Crippen molar-refractivity contribution in [3.05, 3.63) is 254 Å². The number of benzene rings is 2. The minimum atomic E-state index is -3.62. The Morgan fingerprint density at radius 2 is 0.991 bits per heavy atom. The summed E-state index contributed by atoms with van der Waals surface area (Å²) >= 11 is 24.2. The van der Waals surface area contributed by atoms with Crippen molar-refractivity contribution in [3.63, 3.8) is 0 Å². The summed E-state index contributed by atoms with van der Waals surface area (Å²) in [5.41, 5.74) is 21.6. The molecule has 0 saturated carbocycles. The number of carbonyl (C=O) groups excluding carboxylic acids is 3. The van der Waals surface area contributed by atoms with Gasteiger partial charge in [-0.1, -0.05) is 87.3 Å². The van der Waals surface area contributed by atoms with Crippen LogP contribution in [-0.2, 0) is 29.0 Å². The van der Waals surface area contributed by atoms with Crippen LogP contribution in [-0.4, -0.2) is 145 Å². The minimum absolute atomic E-state index is 0. The molecule has 0 spiro atoms. The number of hydrogen-bond acceptors (Lipinski definition) is 23. The second kappa shape index (κ2) is 56.4. The van der Waals surface area contributed by atoms with Gasteiger partial charge in [-0.3, -0.25) is 0 Å². The van der Waals surface area contributed by atoms with Crippen LogP contribution in [0.3, 0.4) is 0 Å². The topological polar surface area (TPSA) is 420 Å². The monoisotopic (exact) mass is 1960 g/mol. The molecule has 0 aliphatic heterocycles. The van der Waals surface area contributed by atoms with Crippen LogP contribution < -0.4 is 111 Å². The van der Waals surface area contributed by atoms with Crippen molar-refractivity contribution in [2.24, 2.45) is 0 Å². The van der Waals surface area contributed by atoms with Gasteiger partial charge < -0.3 is 97.8 Å². The first-order chi connectivity index (χ1) is 52.0. The number of ether oxygens (including phenoxy) is 3. The van der Waals surface area contributed by atoms with E-state index in [1.807, 2.05) is 173 Å². The summed E-state index contributed by atoms with van der Waals surface area (Å²) < 4.78 is 86.5. The van der Waals surface area contributed by atoms with E-state index in [9.17, 15) is 26.4 Å². The van der Waals surface area contributed by atoms with Crippen LogP contribution in [0, 0.1) is 67.0 Å². The molecule has 0 atom stereocenters. The summed E-state index contributed by atoms with van der Waals surface area (Å²) in [4.78, 5) is 49.0. The molecule has 14 rings (SSSR count). The molecule has 12 heterocycles. The fraction of sp³-hybridized carbons (Fsp3) is 0.151. The number of esters is 1. The summed E-state index contributed by atoms with van der Waals surface area (Å²) in [5.74, 6) is 8.69. The number of aromatic nitrogens is 15. The van der Waals surface area contributed by atoms with Crippen molar-refractivity contribution in [3.8, 4) is 46.1 Å². The predicted molar refractivity (Wildman–Crippen MR) is 435 cm³/mol. The molecule has 0 bridgehead atoms. The molecule has 0 unspecified atom stereocenters. The van der Waals surface area contributed by atoms with E-state index >= 15 is 0 Å². The zero-order valence-electron chi connectivity index (χ0n) is 64.1. The van der Waals surface area contributed by atoms with Crippen LogP contribution in [0.25, 0.3) is 44.8 Å². The number of rotatable bonds is 7. The van der Waals surface area contributed by atoms with Crippen LogP contribution in [0.5, 0.6) is 11.5 Å². The van der Waals surface area contributed by atoms with E-state index in [1.165, 1.54) is 20.9 Å². The first-order valence-electron chi connectivity index (χ1n) is 31.4. The molecular weight excluding hydrogens is 1890 g/mol. The molecular formula is C73H76Cl6F3I2LiMgN20O9S. The van der Waals surface area contributed by atoms with E-state index in [0.717, 1.165) is 51.3 Å². The SMILES string of the molecule is CC#CC(=O)OC.COc1ccc(N)cc1.COc1ccc(Nc2nc(-c3c(C)nn4ccccc34)nc(N)c2F)cc1.CS(=O)(=O)c1nc(Cl)c(F)c(Cl)n1.C[CH-]C.Cc1cc2ccccn2n1.Cc1nn2ccccc2c1-c1nc(Cl)c(F)c(Cl)n1.Cc1nn2ccccc2c1I.N.N[n+]1ccccc1.O.O=C=O.[Cl-].[Cl-].[I-].[Li+].[Mg+2]. The third kappa shape index (κ3) is 34.3. The Morgan fingerprint density at radius 3 is 1.38 bits per heavy atom. The van der Waals surface area contributed by atoms with Gasteiger partial charge >= 0.3 is 54.0 Å². The van der Waals surface area contributed by atoms with Crippen LogP contribution in [0.15, 0.2) is 188 Å². The number of aryl methyl sites for hydroxylation is 4. The van der Waals surface area contributed by atoms with Crippen molar-refractivity contribution in [2.45, 2.75) is 53.6 Å². The number of nitrogens with two attached hydrogens (primary N) is 3. The van der Waals surface area contributed by atoms with E-state index in [2.05, 4.69) is 107 Å². The normalized spacial score (nSPS) is 9.41. The first-order valence-corrected chi connectivity index (χ1v) is 35.9. The molecule has 14 aromatic rings. The van der Waals surface area contributed by atoms with Crippen molar-refractivity contribution in [1.82, 2.24) is 74.5 Å². The van der Waals surface area contributed by atoms with Gasteiger partial charge in [-0.15, -0.1) is 0 Å². The van der Waals surface area contributed by atoms with E-state index in [0.29, 0.717) is 34.1 Å². The molecule has 2 aromatic carbocycles. The Labute approximate surface area is 757 Å². The summed E-state index contributed by atoms with van der Waals surface area (Å²) in [7, 11) is 0.888. The van der Waals surface area contributed by atoms with Crippen molar-refractivity contribution in [1.29, 1.82) is 0 Å². The number of carbonyl (C=O) groups is 1. The van der Waals surface area contributed by atoms with Gasteiger partial charge in [-0.05, 0) is 160 Å². The van der Waals surface area contributed by atoms with Gasteiger partial charge in [0.2, 0.25) is 20.8 Å². The van der Waals surface area contributed by atoms with Crippen molar-refractivity contribution < 1.29 is 128 Å². The van der Waals surface area contributed by atoms with E-state index in [4.69, 9.17) is 82.8 Å². The number of fused-ring (bicyclic) bond motifs is 4. The minimum Gasteiger partial charge on any atom is -1.00 e. The number of sulfone groups is 1. The van der Waals surface area contributed by atoms with Gasteiger partial charge in [0, 0.05) is 60.5 Å². The number of nitrogens with zero attached hydrogens (tertiary/aromatic N) is 15.